The molecule has 1 aliphatic carbocycles. The highest BCUT2D eigenvalue weighted by molar-refractivity contribution is 6.43. The fourth-order valence-electron chi connectivity index (χ4n) is 2.27. The van der Waals surface area contributed by atoms with Gasteiger partial charge in [0.2, 0.25) is 11.6 Å². The maximum Gasteiger partial charge on any atom is 0.228 e. The van der Waals surface area contributed by atoms with Gasteiger partial charge in [-0.1, -0.05) is 68.5 Å². The van der Waals surface area contributed by atoms with Gasteiger partial charge in [0.15, 0.2) is 0 Å². The predicted molar refractivity (Wildman–Crippen MR) is 75.9 cm³/mol. The third-order valence-electron chi connectivity index (χ3n) is 3.86. The Morgan fingerprint density at radius 3 is 2.47 bits per heavy atom. The second kappa shape index (κ2) is 5.35. The van der Waals surface area contributed by atoms with Crippen molar-refractivity contribution in [3.63, 3.8) is 0 Å². The van der Waals surface area contributed by atoms with E-state index in [1.807, 2.05) is 31.2 Å². The van der Waals surface area contributed by atoms with Crippen molar-refractivity contribution in [2.24, 2.45) is 11.3 Å². The number of Topliss-reactive ketones (excluding diaryl/α,β-unsaturated/α-hetero) is 2. The largest absolute Gasteiger partial charge is 0.290 e. The van der Waals surface area contributed by atoms with Crippen molar-refractivity contribution in [2.75, 3.05) is 0 Å². The molecule has 0 heterocycles. The van der Waals surface area contributed by atoms with Crippen molar-refractivity contribution in [2.45, 2.75) is 20.3 Å². The number of carbonyl (C=O) groups excluding carboxylic acids is 2. The number of allylic oxidation sites excluding steroid dienone is 4. The molecule has 2 rings (SSSR count). The average Bonchev–Trinajstić information content (AvgIpc) is 2.42. The molecule has 0 spiro atoms. The maximum absolute atomic E-state index is 12.2. The maximum atomic E-state index is 12.2. The van der Waals surface area contributed by atoms with Gasteiger partial charge in [-0.25, -0.2) is 0 Å². The van der Waals surface area contributed by atoms with Crippen LogP contribution in [0.4, 0.5) is 0 Å². The van der Waals surface area contributed by atoms with Crippen LogP contribution < -0.4 is 0 Å². The third-order valence-corrected chi connectivity index (χ3v) is 3.86. The van der Waals surface area contributed by atoms with Crippen molar-refractivity contribution in [3.8, 4) is 0 Å². The average molecular weight is 254 g/mol. The number of carbonyl (C=O) groups is 2. The van der Waals surface area contributed by atoms with Gasteiger partial charge in [-0.2, -0.15) is 0 Å². The van der Waals surface area contributed by atoms with Gasteiger partial charge in [0.05, 0.1) is 0 Å². The molecule has 0 saturated carbocycles. The Hall–Kier alpha value is -1.96. The minimum atomic E-state index is -0.392. The fraction of sp³-hybridized carbons (Fsp3) is 0.294. The van der Waals surface area contributed by atoms with Crippen molar-refractivity contribution in [1.82, 2.24) is 0 Å². The van der Waals surface area contributed by atoms with E-state index in [0.29, 0.717) is 5.56 Å². The molecule has 0 bridgehead atoms. The topological polar surface area (TPSA) is 34.1 Å². The first-order valence-electron chi connectivity index (χ1n) is 6.51. The molecule has 2 heteroatoms. The van der Waals surface area contributed by atoms with Gasteiger partial charge in [0.1, 0.15) is 0 Å². The first-order valence-corrected chi connectivity index (χ1v) is 6.51. The highest BCUT2D eigenvalue weighted by Crippen LogP contribution is 2.36. The molecule has 0 amide bonds. The summed E-state index contributed by atoms with van der Waals surface area (Å²) >= 11 is 0. The van der Waals surface area contributed by atoms with Crippen LogP contribution in [0.1, 0.15) is 30.6 Å². The van der Waals surface area contributed by atoms with E-state index >= 15 is 0 Å². The monoisotopic (exact) mass is 254 g/mol. The molecule has 2 unspecified atom stereocenters. The summed E-state index contributed by atoms with van der Waals surface area (Å²) in [6, 6.07) is 8.74. The molecule has 98 valence electrons. The molecule has 0 aromatic heterocycles. The van der Waals surface area contributed by atoms with Crippen LogP contribution in [0.2, 0.25) is 0 Å². The van der Waals surface area contributed by atoms with Crippen LogP contribution in [0.15, 0.2) is 54.6 Å². The van der Waals surface area contributed by atoms with Crippen LogP contribution in [-0.4, -0.2) is 11.6 Å². The summed E-state index contributed by atoms with van der Waals surface area (Å²) in [4.78, 5) is 24.2. The van der Waals surface area contributed by atoms with Gasteiger partial charge < -0.3 is 0 Å². The summed E-state index contributed by atoms with van der Waals surface area (Å²) in [5, 5.41) is 0. The summed E-state index contributed by atoms with van der Waals surface area (Å²) < 4.78 is 0. The van der Waals surface area contributed by atoms with E-state index in [4.69, 9.17) is 0 Å². The number of ketones is 2. The van der Waals surface area contributed by atoms with Crippen LogP contribution in [0.3, 0.4) is 0 Å². The molecule has 19 heavy (non-hydrogen) atoms. The second-order valence-electron chi connectivity index (χ2n) is 5.33. The molecular weight excluding hydrogens is 236 g/mol. The smallest absolute Gasteiger partial charge is 0.228 e. The zero-order valence-corrected chi connectivity index (χ0v) is 11.3. The molecule has 0 N–H and O–H groups in total. The number of benzene rings is 1. The lowest BCUT2D eigenvalue weighted by Gasteiger charge is -2.32. The minimum Gasteiger partial charge on any atom is -0.290 e. The number of hydrogen-bond donors (Lipinski definition) is 0. The Morgan fingerprint density at radius 1 is 1.16 bits per heavy atom. The van der Waals surface area contributed by atoms with Crippen LogP contribution in [0.5, 0.6) is 0 Å². The van der Waals surface area contributed by atoms with Gasteiger partial charge in [0.25, 0.3) is 0 Å². The normalized spacial score (nSPS) is 25.3. The lowest BCUT2D eigenvalue weighted by atomic mass is 9.71. The van der Waals surface area contributed by atoms with E-state index in [9.17, 15) is 9.59 Å². The van der Waals surface area contributed by atoms with Crippen LogP contribution in [-0.2, 0) is 4.79 Å². The Bertz CT molecular complexity index is 540. The van der Waals surface area contributed by atoms with E-state index in [1.165, 1.54) is 0 Å². The minimum absolute atomic E-state index is 0.253. The van der Waals surface area contributed by atoms with E-state index in [2.05, 4.69) is 13.0 Å². The third kappa shape index (κ3) is 2.90. The number of rotatable bonds is 4. The lowest BCUT2D eigenvalue weighted by molar-refractivity contribution is -0.116. The first kappa shape index (κ1) is 13.5. The standard InChI is InChI=1S/C17H18O2/c1-13-8-6-7-11-17(13,2)12-15(18)16(19)14-9-4-3-5-10-14/h3-11,13H,12H2,1-2H3. The summed E-state index contributed by atoms with van der Waals surface area (Å²) in [7, 11) is 0. The molecule has 2 atom stereocenters. The zero-order chi connectivity index (χ0) is 13.9. The zero-order valence-electron chi connectivity index (χ0n) is 11.3. The van der Waals surface area contributed by atoms with Crippen LogP contribution >= 0.6 is 0 Å². The summed E-state index contributed by atoms with van der Waals surface area (Å²) in [6.45, 7) is 4.09. The molecule has 1 aliphatic rings. The van der Waals surface area contributed by atoms with Crippen molar-refractivity contribution in [3.05, 3.63) is 60.2 Å². The van der Waals surface area contributed by atoms with E-state index in [-0.39, 0.29) is 23.5 Å². The molecule has 0 aliphatic heterocycles. The highest BCUT2D eigenvalue weighted by atomic mass is 16.2. The van der Waals surface area contributed by atoms with Gasteiger partial charge in [-0.3, -0.25) is 9.59 Å². The molecular formula is C17H18O2. The van der Waals surface area contributed by atoms with Crippen LogP contribution in [0, 0.1) is 11.3 Å². The predicted octanol–water partition coefficient (Wildman–Crippen LogP) is 3.60. The van der Waals surface area contributed by atoms with E-state index in [0.717, 1.165) is 0 Å². The highest BCUT2D eigenvalue weighted by Gasteiger charge is 2.33. The fourth-order valence-corrected chi connectivity index (χ4v) is 2.27. The van der Waals surface area contributed by atoms with Crippen molar-refractivity contribution in [1.29, 1.82) is 0 Å². The first-order chi connectivity index (χ1) is 9.03. The molecule has 0 fully saturated rings. The Morgan fingerprint density at radius 2 is 1.84 bits per heavy atom. The molecule has 0 saturated heterocycles. The molecule has 1 aromatic rings. The van der Waals surface area contributed by atoms with Crippen molar-refractivity contribution >= 4 is 11.6 Å². The summed E-state index contributed by atoms with van der Waals surface area (Å²) in [5.41, 5.74) is 0.204. The van der Waals surface area contributed by atoms with Gasteiger partial charge in [-0.05, 0) is 11.3 Å². The lowest BCUT2D eigenvalue weighted by Crippen LogP contribution is -2.29. The second-order valence-corrected chi connectivity index (χ2v) is 5.33. The number of hydrogen-bond acceptors (Lipinski definition) is 2. The van der Waals surface area contributed by atoms with E-state index < -0.39 is 5.78 Å². The van der Waals surface area contributed by atoms with Crippen LogP contribution in [0.25, 0.3) is 0 Å². The SMILES string of the molecule is CC1C=CC=CC1(C)CC(=O)C(=O)c1ccccc1. The van der Waals surface area contributed by atoms with Gasteiger partial charge in [-0.15, -0.1) is 0 Å². The van der Waals surface area contributed by atoms with Gasteiger partial charge in [0, 0.05) is 12.0 Å². The van der Waals surface area contributed by atoms with Gasteiger partial charge >= 0.3 is 0 Å². The molecule has 1 aromatic carbocycles. The summed E-state index contributed by atoms with van der Waals surface area (Å²) in [6.07, 6.45) is 8.27. The molecule has 2 nitrogen and oxygen atoms in total. The van der Waals surface area contributed by atoms with E-state index in [1.54, 1.807) is 24.3 Å². The Kier molecular flexibility index (Phi) is 3.79. The quantitative estimate of drug-likeness (QED) is 0.607. The molecule has 0 radical (unpaired) electrons. The summed E-state index contributed by atoms with van der Waals surface area (Å²) in [5.74, 6) is -0.456. The Labute approximate surface area is 113 Å². The Balaban J connectivity index is 2.12. The van der Waals surface area contributed by atoms with Crippen molar-refractivity contribution < 1.29 is 9.59 Å².